The zero-order valence-corrected chi connectivity index (χ0v) is 15.5. The second-order valence-electron chi connectivity index (χ2n) is 5.64. The first-order valence-electron chi connectivity index (χ1n) is 7.85. The van der Waals surface area contributed by atoms with Crippen LogP contribution in [0.3, 0.4) is 0 Å². The molecule has 0 bridgehead atoms. The summed E-state index contributed by atoms with van der Waals surface area (Å²) in [6.07, 6.45) is 1.37. The number of amides is 1. The molecule has 1 amide bonds. The minimum Gasteiger partial charge on any atom is -0.356 e. The maximum absolute atomic E-state index is 12.6. The van der Waals surface area contributed by atoms with Gasteiger partial charge >= 0.3 is 0 Å². The number of nitrogens with one attached hydrogen (secondary N) is 1. The van der Waals surface area contributed by atoms with Crippen LogP contribution in [0.5, 0.6) is 0 Å². The van der Waals surface area contributed by atoms with Crippen molar-refractivity contribution in [2.45, 2.75) is 18.7 Å². The quantitative estimate of drug-likeness (QED) is 0.816. The lowest BCUT2D eigenvalue weighted by molar-refractivity contribution is 0.0747. The molecule has 1 saturated heterocycles. The number of hydrogen-bond donors (Lipinski definition) is 1. The molecule has 1 fully saturated rings. The third kappa shape index (κ3) is 4.12. The van der Waals surface area contributed by atoms with E-state index in [2.05, 4.69) is 11.1 Å². The van der Waals surface area contributed by atoms with Gasteiger partial charge in [0.25, 0.3) is 5.91 Å². The molecule has 1 atom stereocenters. The number of carbonyl (C=O) groups excluding carboxylic acids is 1. The Morgan fingerprint density at radius 1 is 1.50 bits per heavy atom. The fourth-order valence-corrected chi connectivity index (χ4v) is 5.05. The molecule has 7 nitrogen and oxygen atoms in total. The van der Waals surface area contributed by atoms with E-state index in [4.69, 9.17) is 5.26 Å². The summed E-state index contributed by atoms with van der Waals surface area (Å²) in [4.78, 5) is 16.9. The SMILES string of the molecule is CCN(CC(C)C#N)C(=O)c1cc(S(=O)(=O)N2CCSCC2)c[nH]1. The summed E-state index contributed by atoms with van der Waals surface area (Å²) in [5.41, 5.74) is 0.229. The molecule has 132 valence electrons. The molecular weight excluding hydrogens is 348 g/mol. The highest BCUT2D eigenvalue weighted by atomic mass is 32.2. The van der Waals surface area contributed by atoms with Gasteiger partial charge in [-0.05, 0) is 19.9 Å². The lowest BCUT2D eigenvalue weighted by Gasteiger charge is -2.25. The predicted octanol–water partition coefficient (Wildman–Crippen LogP) is 1.37. The monoisotopic (exact) mass is 370 g/mol. The van der Waals surface area contributed by atoms with Crippen LogP contribution >= 0.6 is 11.8 Å². The van der Waals surface area contributed by atoms with E-state index in [1.807, 2.05) is 6.92 Å². The van der Waals surface area contributed by atoms with Crippen LogP contribution in [0.2, 0.25) is 0 Å². The van der Waals surface area contributed by atoms with E-state index in [9.17, 15) is 13.2 Å². The average molecular weight is 371 g/mol. The van der Waals surface area contributed by atoms with E-state index < -0.39 is 10.0 Å². The van der Waals surface area contributed by atoms with Crippen molar-refractivity contribution in [3.63, 3.8) is 0 Å². The number of aromatic nitrogens is 1. The Morgan fingerprint density at radius 2 is 2.17 bits per heavy atom. The first-order valence-corrected chi connectivity index (χ1v) is 10.4. The fraction of sp³-hybridized carbons (Fsp3) is 0.600. The number of carbonyl (C=O) groups is 1. The Bertz CT molecular complexity index is 717. The molecule has 1 aliphatic rings. The molecule has 0 radical (unpaired) electrons. The molecule has 0 aromatic carbocycles. The van der Waals surface area contributed by atoms with E-state index in [0.29, 0.717) is 26.2 Å². The first-order chi connectivity index (χ1) is 11.4. The molecule has 2 rings (SSSR count). The molecule has 2 heterocycles. The van der Waals surface area contributed by atoms with Crippen LogP contribution in [0, 0.1) is 17.2 Å². The molecule has 1 N–H and O–H groups in total. The van der Waals surface area contributed by atoms with Crippen LogP contribution in [-0.4, -0.2) is 66.2 Å². The molecule has 0 spiro atoms. The van der Waals surface area contributed by atoms with Gasteiger partial charge < -0.3 is 9.88 Å². The Labute approximate surface area is 147 Å². The number of H-pyrrole nitrogens is 1. The summed E-state index contributed by atoms with van der Waals surface area (Å²) in [5.74, 6) is 0.990. The number of aromatic amines is 1. The van der Waals surface area contributed by atoms with Crippen LogP contribution in [0.25, 0.3) is 0 Å². The second kappa shape index (κ2) is 8.05. The highest BCUT2D eigenvalue weighted by Gasteiger charge is 2.28. The first kappa shape index (κ1) is 18.8. The standard InChI is InChI=1S/C15H22N4O3S2/c1-3-18(11-12(2)9-16)15(20)14-8-13(10-17-14)24(21,22)19-4-6-23-7-5-19/h8,10,12,17H,3-7,11H2,1-2H3. The summed E-state index contributed by atoms with van der Waals surface area (Å²) < 4.78 is 26.7. The summed E-state index contributed by atoms with van der Waals surface area (Å²) in [6.45, 7) is 5.32. The number of sulfonamides is 1. The molecule has 0 aliphatic carbocycles. The number of rotatable bonds is 6. The van der Waals surface area contributed by atoms with Crippen molar-refractivity contribution < 1.29 is 13.2 Å². The topological polar surface area (TPSA) is 97.3 Å². The third-order valence-electron chi connectivity index (χ3n) is 3.88. The normalized spacial score (nSPS) is 17.2. The van der Waals surface area contributed by atoms with E-state index in [-0.39, 0.29) is 22.4 Å². The molecular formula is C15H22N4O3S2. The Balaban J connectivity index is 2.17. The van der Waals surface area contributed by atoms with E-state index in [1.165, 1.54) is 21.5 Å². The maximum atomic E-state index is 12.6. The molecule has 24 heavy (non-hydrogen) atoms. The predicted molar refractivity (Wildman–Crippen MR) is 93.2 cm³/mol. The van der Waals surface area contributed by atoms with Gasteiger partial charge in [-0.1, -0.05) is 0 Å². The maximum Gasteiger partial charge on any atom is 0.270 e. The lowest BCUT2D eigenvalue weighted by atomic mass is 10.2. The smallest absolute Gasteiger partial charge is 0.270 e. The van der Waals surface area contributed by atoms with E-state index in [1.54, 1.807) is 18.7 Å². The summed E-state index contributed by atoms with van der Waals surface area (Å²) in [7, 11) is -3.57. The van der Waals surface area contributed by atoms with E-state index >= 15 is 0 Å². The van der Waals surface area contributed by atoms with Crippen molar-refractivity contribution in [2.75, 3.05) is 37.7 Å². The van der Waals surface area contributed by atoms with Crippen LogP contribution < -0.4 is 0 Å². The highest BCUT2D eigenvalue weighted by molar-refractivity contribution is 7.99. The second-order valence-corrected chi connectivity index (χ2v) is 8.80. The van der Waals surface area contributed by atoms with Gasteiger partial charge in [0.2, 0.25) is 10.0 Å². The van der Waals surface area contributed by atoms with Crippen molar-refractivity contribution >= 4 is 27.7 Å². The number of nitrogens with zero attached hydrogens (tertiary/aromatic N) is 3. The Kier molecular flexibility index (Phi) is 6.32. The van der Waals surface area contributed by atoms with Crippen LogP contribution in [-0.2, 0) is 10.0 Å². The van der Waals surface area contributed by atoms with Gasteiger partial charge in [-0.3, -0.25) is 4.79 Å². The number of thioether (sulfide) groups is 1. The van der Waals surface area contributed by atoms with Crippen LogP contribution in [0.15, 0.2) is 17.2 Å². The molecule has 1 aromatic rings. The molecule has 1 unspecified atom stereocenters. The highest BCUT2D eigenvalue weighted by Crippen LogP contribution is 2.21. The van der Waals surface area contributed by atoms with Gasteiger partial charge in [-0.25, -0.2) is 8.42 Å². The van der Waals surface area contributed by atoms with E-state index in [0.717, 1.165) is 11.5 Å². The minimum absolute atomic E-state index is 0.113. The zero-order valence-electron chi connectivity index (χ0n) is 13.9. The molecule has 1 aliphatic heterocycles. The van der Waals surface area contributed by atoms with Crippen molar-refractivity contribution in [1.29, 1.82) is 5.26 Å². The third-order valence-corrected chi connectivity index (χ3v) is 6.70. The van der Waals surface area contributed by atoms with Gasteiger partial charge in [0.1, 0.15) is 10.6 Å². The Hall–Kier alpha value is -1.50. The minimum atomic E-state index is -3.57. The summed E-state index contributed by atoms with van der Waals surface area (Å²) >= 11 is 1.73. The number of nitriles is 1. The van der Waals surface area contributed by atoms with Crippen molar-refractivity contribution in [3.8, 4) is 6.07 Å². The Morgan fingerprint density at radius 3 is 2.75 bits per heavy atom. The summed E-state index contributed by atoms with van der Waals surface area (Å²) in [5, 5.41) is 8.90. The number of hydrogen-bond acceptors (Lipinski definition) is 5. The van der Waals surface area contributed by atoms with Gasteiger partial charge in [0, 0.05) is 43.9 Å². The van der Waals surface area contributed by atoms with Crippen LogP contribution in [0.4, 0.5) is 0 Å². The van der Waals surface area contributed by atoms with Crippen molar-refractivity contribution in [1.82, 2.24) is 14.2 Å². The van der Waals surface area contributed by atoms with Gasteiger partial charge in [0.15, 0.2) is 0 Å². The molecule has 0 saturated carbocycles. The van der Waals surface area contributed by atoms with Crippen molar-refractivity contribution in [3.05, 3.63) is 18.0 Å². The average Bonchev–Trinajstić information content (AvgIpc) is 3.10. The molecule has 9 heteroatoms. The largest absolute Gasteiger partial charge is 0.356 e. The lowest BCUT2D eigenvalue weighted by Crippen LogP contribution is -2.37. The van der Waals surface area contributed by atoms with Gasteiger partial charge in [0.05, 0.1) is 12.0 Å². The van der Waals surface area contributed by atoms with Crippen molar-refractivity contribution in [2.24, 2.45) is 5.92 Å². The zero-order chi connectivity index (χ0) is 17.7. The van der Waals surface area contributed by atoms with Gasteiger partial charge in [-0.15, -0.1) is 0 Å². The van der Waals surface area contributed by atoms with Gasteiger partial charge in [-0.2, -0.15) is 21.3 Å². The van der Waals surface area contributed by atoms with Crippen LogP contribution in [0.1, 0.15) is 24.3 Å². The summed E-state index contributed by atoms with van der Waals surface area (Å²) in [6, 6.07) is 3.49. The fourth-order valence-electron chi connectivity index (χ4n) is 2.48. The molecule has 1 aromatic heterocycles.